The molecule has 1 heterocycles. The standard InChI is InChI=1S/C19H21FN4O2S.C7H8/c1-24-11-16(12-24)23-27-17-8-6-15(7-9-17)22-18(25)10-21-19(26)13-2-4-14(20)5-3-13;1-7-5-3-2-4-6-7/h2-9,16,23H,10-12H2,1H3,(H,21,26)(H,22,25);2-6H,1H3. The van der Waals surface area contributed by atoms with E-state index < -0.39 is 11.7 Å². The summed E-state index contributed by atoms with van der Waals surface area (Å²) in [5.74, 6) is -1.17. The Bertz CT molecular complexity index is 1060. The number of benzene rings is 3. The number of aryl methyl sites for hydroxylation is 1. The highest BCUT2D eigenvalue weighted by Crippen LogP contribution is 2.20. The summed E-state index contributed by atoms with van der Waals surface area (Å²) in [6.07, 6.45) is 0. The third kappa shape index (κ3) is 8.62. The van der Waals surface area contributed by atoms with Gasteiger partial charge in [0.15, 0.2) is 0 Å². The van der Waals surface area contributed by atoms with Gasteiger partial charge in [0.25, 0.3) is 5.91 Å². The van der Waals surface area contributed by atoms with Gasteiger partial charge in [-0.2, -0.15) is 0 Å². The lowest BCUT2D eigenvalue weighted by Crippen LogP contribution is -2.54. The van der Waals surface area contributed by atoms with Crippen LogP contribution in [0.15, 0.2) is 83.8 Å². The zero-order valence-corrected chi connectivity index (χ0v) is 20.1. The van der Waals surface area contributed by atoms with Crippen molar-refractivity contribution in [1.82, 2.24) is 14.9 Å². The first-order valence-corrected chi connectivity index (χ1v) is 11.8. The first kappa shape index (κ1) is 25.4. The van der Waals surface area contributed by atoms with Gasteiger partial charge in [-0.15, -0.1) is 0 Å². The number of amides is 2. The van der Waals surface area contributed by atoms with Crippen LogP contribution in [0.3, 0.4) is 0 Å². The Labute approximate surface area is 204 Å². The van der Waals surface area contributed by atoms with Crippen molar-refractivity contribution in [2.45, 2.75) is 17.9 Å². The van der Waals surface area contributed by atoms with Crippen molar-refractivity contribution in [3.8, 4) is 0 Å². The molecule has 6 nitrogen and oxygen atoms in total. The first-order chi connectivity index (χ1) is 16.4. The van der Waals surface area contributed by atoms with E-state index >= 15 is 0 Å². The van der Waals surface area contributed by atoms with E-state index in [0.717, 1.165) is 18.0 Å². The number of nitrogens with one attached hydrogen (secondary N) is 3. The first-order valence-electron chi connectivity index (χ1n) is 11.0. The van der Waals surface area contributed by atoms with Crippen LogP contribution < -0.4 is 15.4 Å². The Morgan fingerprint density at radius 3 is 2.18 bits per heavy atom. The van der Waals surface area contributed by atoms with Gasteiger partial charge in [0, 0.05) is 35.3 Å². The fraction of sp³-hybridized carbons (Fsp3) is 0.231. The van der Waals surface area contributed by atoms with Crippen molar-refractivity contribution in [2.75, 3.05) is 32.0 Å². The minimum Gasteiger partial charge on any atom is -0.343 e. The number of hydrogen-bond donors (Lipinski definition) is 3. The van der Waals surface area contributed by atoms with Gasteiger partial charge in [-0.05, 0) is 74.5 Å². The van der Waals surface area contributed by atoms with E-state index in [4.69, 9.17) is 0 Å². The molecule has 2 amide bonds. The smallest absolute Gasteiger partial charge is 0.251 e. The van der Waals surface area contributed by atoms with Crippen LogP contribution >= 0.6 is 11.9 Å². The summed E-state index contributed by atoms with van der Waals surface area (Å²) >= 11 is 1.57. The Morgan fingerprint density at radius 1 is 0.971 bits per heavy atom. The molecule has 0 aliphatic carbocycles. The van der Waals surface area contributed by atoms with Crippen LogP contribution in [0.4, 0.5) is 10.1 Å². The lowest BCUT2D eigenvalue weighted by Gasteiger charge is -2.36. The van der Waals surface area contributed by atoms with Crippen LogP contribution in [-0.4, -0.2) is 49.4 Å². The fourth-order valence-corrected chi connectivity index (χ4v) is 3.86. The highest BCUT2D eigenvalue weighted by atomic mass is 32.2. The SMILES string of the molecule is CN1CC(NSc2ccc(NC(=O)CNC(=O)c3ccc(F)cc3)cc2)C1.Cc1ccccc1. The van der Waals surface area contributed by atoms with Gasteiger partial charge in [-0.25, -0.2) is 4.39 Å². The molecule has 0 spiro atoms. The summed E-state index contributed by atoms with van der Waals surface area (Å²) in [5, 5.41) is 5.24. The molecule has 8 heteroatoms. The summed E-state index contributed by atoms with van der Waals surface area (Å²) in [4.78, 5) is 27.2. The largest absolute Gasteiger partial charge is 0.343 e. The van der Waals surface area contributed by atoms with Crippen LogP contribution in [0.5, 0.6) is 0 Å². The molecule has 3 aromatic rings. The van der Waals surface area contributed by atoms with Crippen molar-refractivity contribution >= 4 is 29.4 Å². The van der Waals surface area contributed by atoms with Crippen molar-refractivity contribution < 1.29 is 14.0 Å². The minimum absolute atomic E-state index is 0.163. The van der Waals surface area contributed by atoms with Crippen LogP contribution in [0.25, 0.3) is 0 Å². The van der Waals surface area contributed by atoms with Gasteiger partial charge >= 0.3 is 0 Å². The Hall–Kier alpha value is -3.20. The van der Waals surface area contributed by atoms with Crippen LogP contribution in [0.2, 0.25) is 0 Å². The second-order valence-corrected chi connectivity index (χ2v) is 8.97. The molecule has 0 unspecified atom stereocenters. The second-order valence-electron chi connectivity index (χ2n) is 8.05. The molecular weight excluding hydrogens is 451 g/mol. The maximum Gasteiger partial charge on any atom is 0.251 e. The molecule has 34 heavy (non-hydrogen) atoms. The van der Waals surface area contributed by atoms with Gasteiger partial charge in [-0.1, -0.05) is 35.9 Å². The summed E-state index contributed by atoms with van der Waals surface area (Å²) in [6.45, 7) is 4.01. The summed E-state index contributed by atoms with van der Waals surface area (Å²) in [6, 6.07) is 23.4. The number of likely N-dealkylation sites (tertiary alicyclic amines) is 1. The molecule has 3 N–H and O–H groups in total. The normalized spacial score (nSPS) is 13.3. The molecule has 1 saturated heterocycles. The fourth-order valence-electron chi connectivity index (χ4n) is 3.13. The zero-order valence-electron chi connectivity index (χ0n) is 19.3. The van der Waals surface area contributed by atoms with Crippen LogP contribution in [0.1, 0.15) is 15.9 Å². The van der Waals surface area contributed by atoms with Gasteiger partial charge < -0.3 is 15.5 Å². The average Bonchev–Trinajstić information content (AvgIpc) is 2.82. The molecule has 3 aromatic carbocycles. The number of carbonyl (C=O) groups is 2. The molecular formula is C26H29FN4O2S. The summed E-state index contributed by atoms with van der Waals surface area (Å²) in [7, 11) is 2.09. The predicted molar refractivity (Wildman–Crippen MR) is 135 cm³/mol. The molecule has 0 aromatic heterocycles. The number of likely N-dealkylation sites (N-methyl/N-ethyl adjacent to an activating group) is 1. The molecule has 1 aliphatic heterocycles. The monoisotopic (exact) mass is 480 g/mol. The number of carbonyl (C=O) groups excluding carboxylic acids is 2. The van der Waals surface area contributed by atoms with E-state index in [9.17, 15) is 14.0 Å². The second kappa shape index (κ2) is 12.9. The molecule has 1 fully saturated rings. The molecule has 0 radical (unpaired) electrons. The Morgan fingerprint density at radius 2 is 1.62 bits per heavy atom. The minimum atomic E-state index is -0.426. The molecule has 178 valence electrons. The lowest BCUT2D eigenvalue weighted by atomic mass is 10.2. The van der Waals surface area contributed by atoms with Crippen molar-refractivity contribution in [2.24, 2.45) is 0 Å². The van der Waals surface area contributed by atoms with Crippen LogP contribution in [0, 0.1) is 12.7 Å². The van der Waals surface area contributed by atoms with Crippen molar-refractivity contribution in [3.63, 3.8) is 0 Å². The predicted octanol–water partition coefficient (Wildman–Crippen LogP) is 4.10. The van der Waals surface area contributed by atoms with Gasteiger partial charge in [-0.3, -0.25) is 14.3 Å². The maximum atomic E-state index is 12.9. The summed E-state index contributed by atoms with van der Waals surface area (Å²) < 4.78 is 16.3. The molecule has 4 rings (SSSR count). The summed E-state index contributed by atoms with van der Waals surface area (Å²) in [5.41, 5.74) is 2.28. The number of halogens is 1. The third-order valence-corrected chi connectivity index (χ3v) is 5.96. The lowest BCUT2D eigenvalue weighted by molar-refractivity contribution is -0.115. The van der Waals surface area contributed by atoms with Gasteiger partial charge in [0.05, 0.1) is 6.54 Å². The van der Waals surface area contributed by atoms with E-state index in [1.54, 1.807) is 11.9 Å². The number of hydrogen-bond acceptors (Lipinski definition) is 5. The highest BCUT2D eigenvalue weighted by Gasteiger charge is 2.22. The molecule has 1 aliphatic rings. The number of nitrogens with zero attached hydrogens (tertiary/aromatic N) is 1. The van der Waals surface area contributed by atoms with E-state index in [1.165, 1.54) is 29.8 Å². The van der Waals surface area contributed by atoms with E-state index in [0.29, 0.717) is 17.3 Å². The third-order valence-electron chi connectivity index (χ3n) is 5.00. The van der Waals surface area contributed by atoms with Gasteiger partial charge in [0.2, 0.25) is 5.91 Å². The van der Waals surface area contributed by atoms with E-state index in [1.807, 2.05) is 42.5 Å². The van der Waals surface area contributed by atoms with Crippen molar-refractivity contribution in [1.29, 1.82) is 0 Å². The molecule has 0 atom stereocenters. The number of anilines is 1. The van der Waals surface area contributed by atoms with E-state index in [-0.39, 0.29) is 12.5 Å². The maximum absolute atomic E-state index is 12.9. The topological polar surface area (TPSA) is 73.5 Å². The quantitative estimate of drug-likeness (QED) is 0.444. The van der Waals surface area contributed by atoms with Gasteiger partial charge in [0.1, 0.15) is 5.82 Å². The molecule has 0 bridgehead atoms. The van der Waals surface area contributed by atoms with E-state index in [2.05, 4.69) is 46.4 Å². The number of rotatable bonds is 7. The molecule has 0 saturated carbocycles. The van der Waals surface area contributed by atoms with Crippen molar-refractivity contribution in [3.05, 3.63) is 95.8 Å². The Kier molecular flexibility index (Phi) is 9.63. The Balaban J connectivity index is 0.000000396. The zero-order chi connectivity index (χ0) is 24.3. The average molecular weight is 481 g/mol. The highest BCUT2D eigenvalue weighted by molar-refractivity contribution is 7.97. The van der Waals surface area contributed by atoms with Crippen LogP contribution in [-0.2, 0) is 4.79 Å².